The molecule has 2 atom stereocenters. The van der Waals surface area contributed by atoms with Crippen molar-refractivity contribution in [2.75, 3.05) is 6.61 Å². The van der Waals surface area contributed by atoms with Gasteiger partial charge in [0.25, 0.3) is 5.91 Å². The molecule has 0 heterocycles. The molecule has 1 aliphatic rings. The van der Waals surface area contributed by atoms with Gasteiger partial charge >= 0.3 is 6.09 Å². The smallest absolute Gasteiger partial charge is 0.407 e. The van der Waals surface area contributed by atoms with E-state index in [-0.39, 0.29) is 35.4 Å². The first-order chi connectivity index (χ1) is 12.1. The third-order valence-corrected chi connectivity index (χ3v) is 4.09. The van der Waals surface area contributed by atoms with E-state index in [2.05, 4.69) is 10.6 Å². The summed E-state index contributed by atoms with van der Waals surface area (Å²) < 4.78 is 23.8. The molecule has 2 N–H and O–H groups in total. The van der Waals surface area contributed by atoms with Crippen LogP contribution in [0.1, 0.15) is 40.0 Å². The number of halogens is 2. The van der Waals surface area contributed by atoms with Gasteiger partial charge in [-0.25, -0.2) is 9.18 Å². The quantitative estimate of drug-likeness (QED) is 0.812. The number of hydrogen-bond donors (Lipinski definition) is 2. The van der Waals surface area contributed by atoms with Crippen LogP contribution in [0.15, 0.2) is 18.2 Å². The summed E-state index contributed by atoms with van der Waals surface area (Å²) in [4.78, 5) is 23.7. The van der Waals surface area contributed by atoms with Crippen LogP contribution in [0, 0.1) is 5.82 Å². The lowest BCUT2D eigenvalue weighted by atomic mass is 10.2. The molecule has 26 heavy (non-hydrogen) atoms. The van der Waals surface area contributed by atoms with E-state index in [1.54, 1.807) is 20.8 Å². The molecule has 0 bridgehead atoms. The average Bonchev–Trinajstić information content (AvgIpc) is 2.93. The maximum Gasteiger partial charge on any atom is 0.407 e. The third-order valence-electron chi connectivity index (χ3n) is 3.78. The van der Waals surface area contributed by atoms with Gasteiger partial charge in [0.2, 0.25) is 0 Å². The van der Waals surface area contributed by atoms with Gasteiger partial charge in [-0.15, -0.1) is 0 Å². The summed E-state index contributed by atoms with van der Waals surface area (Å²) in [6.07, 6.45) is 1.68. The Balaban J connectivity index is 1.71. The molecule has 144 valence electrons. The number of alkyl carbamates (subject to hydrolysis) is 1. The molecule has 0 aliphatic heterocycles. The fraction of sp³-hybridized carbons (Fsp3) is 0.556. The van der Waals surface area contributed by atoms with Gasteiger partial charge in [0.1, 0.15) is 17.2 Å². The molecule has 1 fully saturated rings. The van der Waals surface area contributed by atoms with Crippen molar-refractivity contribution < 1.29 is 23.5 Å². The lowest BCUT2D eigenvalue weighted by Gasteiger charge is -2.21. The van der Waals surface area contributed by atoms with Crippen molar-refractivity contribution in [2.45, 2.75) is 57.7 Å². The highest BCUT2D eigenvalue weighted by molar-refractivity contribution is 6.30. The monoisotopic (exact) mass is 386 g/mol. The highest BCUT2D eigenvalue weighted by Crippen LogP contribution is 2.21. The minimum absolute atomic E-state index is 0.00344. The first-order valence-electron chi connectivity index (χ1n) is 8.49. The summed E-state index contributed by atoms with van der Waals surface area (Å²) in [5.74, 6) is -0.669. The van der Waals surface area contributed by atoms with Gasteiger partial charge in [0.05, 0.1) is 5.02 Å². The van der Waals surface area contributed by atoms with Crippen molar-refractivity contribution in [3.05, 3.63) is 29.0 Å². The molecule has 2 rings (SSSR count). The standard InChI is InChI=1S/C18H24ClFN2O4/c1-18(2,3)26-17(24)22-12-5-4-11(8-12)21-16(23)10-25-13-6-7-14(19)15(20)9-13/h6-7,9,11-12H,4-5,8,10H2,1-3H3,(H,21,23)(H,22,24)/t11-,12-/m0/s1. The van der Waals surface area contributed by atoms with Crippen LogP contribution in [0.2, 0.25) is 5.02 Å². The number of carbonyl (C=O) groups excluding carboxylic acids is 2. The molecule has 1 aromatic rings. The normalized spacial score (nSPS) is 19.7. The second kappa shape index (κ2) is 8.58. The van der Waals surface area contributed by atoms with E-state index in [4.69, 9.17) is 21.1 Å². The van der Waals surface area contributed by atoms with Crippen molar-refractivity contribution >= 4 is 23.6 Å². The van der Waals surface area contributed by atoms with Crippen LogP contribution in [0.3, 0.4) is 0 Å². The predicted octanol–water partition coefficient (Wildman–Crippen LogP) is 3.42. The van der Waals surface area contributed by atoms with E-state index in [1.807, 2.05) is 0 Å². The van der Waals surface area contributed by atoms with Crippen LogP contribution in [-0.4, -0.2) is 36.3 Å². The summed E-state index contributed by atoms with van der Waals surface area (Å²) in [7, 11) is 0. The molecular formula is C18H24ClFN2O4. The molecule has 8 heteroatoms. The minimum atomic E-state index is -0.601. The minimum Gasteiger partial charge on any atom is -0.484 e. The number of amides is 2. The maximum absolute atomic E-state index is 13.3. The Labute approximate surface area is 157 Å². The zero-order valence-corrected chi connectivity index (χ0v) is 15.9. The van der Waals surface area contributed by atoms with E-state index in [1.165, 1.54) is 12.1 Å². The highest BCUT2D eigenvalue weighted by Gasteiger charge is 2.28. The van der Waals surface area contributed by atoms with Crippen LogP contribution in [-0.2, 0) is 9.53 Å². The van der Waals surface area contributed by atoms with Gasteiger partial charge in [-0.05, 0) is 52.2 Å². The second-order valence-electron chi connectivity index (χ2n) is 7.29. The Morgan fingerprint density at radius 2 is 1.88 bits per heavy atom. The summed E-state index contributed by atoms with van der Waals surface area (Å²) >= 11 is 5.59. The molecule has 6 nitrogen and oxygen atoms in total. The Bertz CT molecular complexity index is 663. The van der Waals surface area contributed by atoms with E-state index in [0.29, 0.717) is 6.42 Å². The van der Waals surface area contributed by atoms with Crippen molar-refractivity contribution in [1.82, 2.24) is 10.6 Å². The fourth-order valence-corrected chi connectivity index (χ4v) is 2.82. The summed E-state index contributed by atoms with van der Waals surface area (Å²) in [5, 5.41) is 5.66. The third kappa shape index (κ3) is 6.71. The molecule has 0 unspecified atom stereocenters. The van der Waals surface area contributed by atoms with Crippen LogP contribution in [0.25, 0.3) is 0 Å². The number of hydrogen-bond acceptors (Lipinski definition) is 4. The van der Waals surface area contributed by atoms with Crippen molar-refractivity contribution in [1.29, 1.82) is 0 Å². The topological polar surface area (TPSA) is 76.7 Å². The zero-order chi connectivity index (χ0) is 19.3. The molecule has 1 aliphatic carbocycles. The van der Waals surface area contributed by atoms with Gasteiger partial charge in [-0.2, -0.15) is 0 Å². The van der Waals surface area contributed by atoms with Crippen LogP contribution in [0.4, 0.5) is 9.18 Å². The predicted molar refractivity (Wildman–Crippen MR) is 95.8 cm³/mol. The Morgan fingerprint density at radius 3 is 2.50 bits per heavy atom. The van der Waals surface area contributed by atoms with E-state index >= 15 is 0 Å². The Kier molecular flexibility index (Phi) is 6.69. The molecular weight excluding hydrogens is 363 g/mol. The number of ether oxygens (including phenoxy) is 2. The van der Waals surface area contributed by atoms with E-state index in [9.17, 15) is 14.0 Å². The highest BCUT2D eigenvalue weighted by atomic mass is 35.5. The van der Waals surface area contributed by atoms with Gasteiger partial charge < -0.3 is 20.1 Å². The molecule has 1 saturated carbocycles. The van der Waals surface area contributed by atoms with Crippen LogP contribution in [0.5, 0.6) is 5.75 Å². The van der Waals surface area contributed by atoms with E-state index < -0.39 is 17.5 Å². The second-order valence-corrected chi connectivity index (χ2v) is 7.69. The number of rotatable bonds is 5. The number of benzene rings is 1. The molecule has 0 radical (unpaired) electrons. The average molecular weight is 387 g/mol. The molecule has 0 aromatic heterocycles. The maximum atomic E-state index is 13.3. The van der Waals surface area contributed by atoms with Gasteiger partial charge in [-0.1, -0.05) is 11.6 Å². The van der Waals surface area contributed by atoms with Crippen molar-refractivity contribution in [3.8, 4) is 5.75 Å². The lowest BCUT2D eigenvalue weighted by molar-refractivity contribution is -0.123. The first kappa shape index (κ1) is 20.3. The molecule has 0 spiro atoms. The van der Waals surface area contributed by atoms with Crippen LogP contribution >= 0.6 is 11.6 Å². The molecule has 2 amide bonds. The van der Waals surface area contributed by atoms with Crippen molar-refractivity contribution in [2.24, 2.45) is 0 Å². The summed E-state index contributed by atoms with van der Waals surface area (Å²) in [5.41, 5.74) is -0.547. The molecule has 0 saturated heterocycles. The SMILES string of the molecule is CC(C)(C)OC(=O)N[C@H]1CC[C@H](NC(=O)COc2ccc(Cl)c(F)c2)C1. The lowest BCUT2D eigenvalue weighted by Crippen LogP contribution is -2.40. The largest absolute Gasteiger partial charge is 0.484 e. The van der Waals surface area contributed by atoms with Crippen molar-refractivity contribution in [3.63, 3.8) is 0 Å². The van der Waals surface area contributed by atoms with Gasteiger partial charge in [-0.3, -0.25) is 4.79 Å². The number of nitrogens with one attached hydrogen (secondary N) is 2. The Hall–Kier alpha value is -2.02. The molecule has 1 aromatic carbocycles. The Morgan fingerprint density at radius 1 is 1.23 bits per heavy atom. The zero-order valence-electron chi connectivity index (χ0n) is 15.1. The number of carbonyl (C=O) groups is 2. The van der Waals surface area contributed by atoms with E-state index in [0.717, 1.165) is 18.9 Å². The summed E-state index contributed by atoms with van der Waals surface area (Å²) in [6, 6.07) is 3.91. The summed E-state index contributed by atoms with van der Waals surface area (Å²) in [6.45, 7) is 5.19. The van der Waals surface area contributed by atoms with Crippen LogP contribution < -0.4 is 15.4 Å². The van der Waals surface area contributed by atoms with Gasteiger partial charge in [0.15, 0.2) is 6.61 Å². The van der Waals surface area contributed by atoms with Gasteiger partial charge in [0, 0.05) is 18.2 Å². The fourth-order valence-electron chi connectivity index (χ4n) is 2.70. The first-order valence-corrected chi connectivity index (χ1v) is 8.87.